The van der Waals surface area contributed by atoms with E-state index in [9.17, 15) is 0 Å². The highest BCUT2D eigenvalue weighted by Gasteiger charge is 2.14. The van der Waals surface area contributed by atoms with Gasteiger partial charge >= 0.3 is 0 Å². The van der Waals surface area contributed by atoms with Gasteiger partial charge in [0.2, 0.25) is 0 Å². The van der Waals surface area contributed by atoms with Crippen molar-refractivity contribution in [1.29, 1.82) is 0 Å². The Morgan fingerprint density at radius 3 is 2.69 bits per heavy atom. The van der Waals surface area contributed by atoms with Crippen LogP contribution in [0.1, 0.15) is 40.0 Å². The van der Waals surface area contributed by atoms with Gasteiger partial charge in [-0.15, -0.1) is 0 Å². The van der Waals surface area contributed by atoms with Crippen LogP contribution in [-0.4, -0.2) is 25.8 Å². The van der Waals surface area contributed by atoms with Crippen molar-refractivity contribution in [3.8, 4) is 0 Å². The number of ether oxygens (including phenoxy) is 1. The lowest BCUT2D eigenvalue weighted by Gasteiger charge is -2.25. The molecule has 1 atom stereocenters. The molecule has 0 aromatic heterocycles. The minimum Gasteiger partial charge on any atom is -0.380 e. The summed E-state index contributed by atoms with van der Waals surface area (Å²) in [4.78, 5) is 0. The van der Waals surface area contributed by atoms with Crippen molar-refractivity contribution in [2.75, 3.05) is 19.8 Å². The van der Waals surface area contributed by atoms with Gasteiger partial charge in [-0.05, 0) is 31.2 Å². The summed E-state index contributed by atoms with van der Waals surface area (Å²) in [7, 11) is 0. The first-order valence-corrected chi connectivity index (χ1v) is 5.39. The summed E-state index contributed by atoms with van der Waals surface area (Å²) in [5, 5.41) is 3.55. The van der Waals surface area contributed by atoms with Crippen molar-refractivity contribution in [2.24, 2.45) is 5.41 Å². The van der Waals surface area contributed by atoms with Gasteiger partial charge < -0.3 is 10.1 Å². The molecule has 0 aromatic rings. The lowest BCUT2D eigenvalue weighted by atomic mass is 9.92. The van der Waals surface area contributed by atoms with Crippen LogP contribution in [0.4, 0.5) is 0 Å². The minimum absolute atomic E-state index is 0.447. The van der Waals surface area contributed by atoms with Crippen molar-refractivity contribution in [1.82, 2.24) is 5.32 Å². The standard InChI is InChI=1S/C11H23NO/c1-11(2,3)6-7-12-10-5-4-8-13-9-10/h10,12H,4-9H2,1-3H3/t10-/m1/s1. The van der Waals surface area contributed by atoms with Gasteiger partial charge in [0.15, 0.2) is 0 Å². The molecule has 1 fully saturated rings. The maximum absolute atomic E-state index is 5.40. The number of hydrogen-bond acceptors (Lipinski definition) is 2. The van der Waals surface area contributed by atoms with Gasteiger partial charge in [-0.2, -0.15) is 0 Å². The van der Waals surface area contributed by atoms with Gasteiger partial charge in [-0.25, -0.2) is 0 Å². The Morgan fingerprint density at radius 1 is 1.38 bits per heavy atom. The molecule has 13 heavy (non-hydrogen) atoms. The Balaban J connectivity index is 2.04. The zero-order chi connectivity index (χ0) is 9.73. The molecule has 1 heterocycles. The van der Waals surface area contributed by atoms with Gasteiger partial charge in [0.1, 0.15) is 0 Å². The molecule has 0 bridgehead atoms. The largest absolute Gasteiger partial charge is 0.380 e. The number of hydrogen-bond donors (Lipinski definition) is 1. The molecule has 0 saturated carbocycles. The summed E-state index contributed by atoms with van der Waals surface area (Å²) >= 11 is 0. The Bertz CT molecular complexity index is 134. The SMILES string of the molecule is CC(C)(C)CCN[C@@H]1CCCOC1. The van der Waals surface area contributed by atoms with Crippen LogP contribution in [-0.2, 0) is 4.74 Å². The highest BCUT2D eigenvalue weighted by Crippen LogP contribution is 2.17. The molecule has 2 nitrogen and oxygen atoms in total. The van der Waals surface area contributed by atoms with Crippen LogP contribution in [0.25, 0.3) is 0 Å². The van der Waals surface area contributed by atoms with Crippen molar-refractivity contribution in [3.63, 3.8) is 0 Å². The van der Waals surface area contributed by atoms with E-state index in [2.05, 4.69) is 26.1 Å². The van der Waals surface area contributed by atoms with Gasteiger partial charge in [-0.3, -0.25) is 0 Å². The molecule has 1 saturated heterocycles. The minimum atomic E-state index is 0.447. The van der Waals surface area contributed by atoms with Gasteiger partial charge in [0, 0.05) is 12.6 Å². The van der Waals surface area contributed by atoms with Crippen molar-refractivity contribution < 1.29 is 4.74 Å². The summed E-state index contributed by atoms with van der Waals surface area (Å²) in [5.41, 5.74) is 0.447. The van der Waals surface area contributed by atoms with Crippen LogP contribution >= 0.6 is 0 Å². The molecule has 2 heteroatoms. The molecule has 0 amide bonds. The fraction of sp³-hybridized carbons (Fsp3) is 1.00. The van der Waals surface area contributed by atoms with E-state index in [4.69, 9.17) is 4.74 Å². The highest BCUT2D eigenvalue weighted by molar-refractivity contribution is 4.71. The van der Waals surface area contributed by atoms with E-state index < -0.39 is 0 Å². The summed E-state index contributed by atoms with van der Waals surface area (Å²) < 4.78 is 5.40. The smallest absolute Gasteiger partial charge is 0.0619 e. The molecular weight excluding hydrogens is 162 g/mol. The van der Waals surface area contributed by atoms with Crippen LogP contribution in [0, 0.1) is 5.41 Å². The van der Waals surface area contributed by atoms with Crippen LogP contribution in [0.15, 0.2) is 0 Å². The first kappa shape index (κ1) is 11.0. The summed E-state index contributed by atoms with van der Waals surface area (Å²) in [6.45, 7) is 9.84. The molecular formula is C11H23NO. The molecule has 1 N–H and O–H groups in total. The van der Waals surface area contributed by atoms with Gasteiger partial charge in [0.25, 0.3) is 0 Å². The molecule has 0 aliphatic carbocycles. The van der Waals surface area contributed by atoms with Crippen molar-refractivity contribution >= 4 is 0 Å². The average molecular weight is 185 g/mol. The second kappa shape index (κ2) is 4.97. The van der Waals surface area contributed by atoms with Crippen LogP contribution < -0.4 is 5.32 Å². The second-order valence-electron chi connectivity index (χ2n) is 5.18. The molecule has 0 aromatic carbocycles. The molecule has 0 unspecified atom stereocenters. The number of nitrogens with one attached hydrogen (secondary N) is 1. The molecule has 1 aliphatic rings. The number of rotatable bonds is 3. The van der Waals surface area contributed by atoms with Crippen molar-refractivity contribution in [3.05, 3.63) is 0 Å². The Morgan fingerprint density at radius 2 is 2.15 bits per heavy atom. The van der Waals surface area contributed by atoms with E-state index in [-0.39, 0.29) is 0 Å². The highest BCUT2D eigenvalue weighted by atomic mass is 16.5. The van der Waals surface area contributed by atoms with Crippen LogP contribution in [0.5, 0.6) is 0 Å². The fourth-order valence-corrected chi connectivity index (χ4v) is 1.55. The predicted molar refractivity (Wildman–Crippen MR) is 55.9 cm³/mol. The van der Waals surface area contributed by atoms with Crippen molar-refractivity contribution in [2.45, 2.75) is 46.1 Å². The van der Waals surface area contributed by atoms with E-state index in [1.165, 1.54) is 19.3 Å². The van der Waals surface area contributed by atoms with E-state index >= 15 is 0 Å². The molecule has 1 rings (SSSR count). The average Bonchev–Trinajstić information content (AvgIpc) is 2.04. The van der Waals surface area contributed by atoms with E-state index in [1.807, 2.05) is 0 Å². The monoisotopic (exact) mass is 185 g/mol. The van der Waals surface area contributed by atoms with E-state index in [1.54, 1.807) is 0 Å². The van der Waals surface area contributed by atoms with Gasteiger partial charge in [0.05, 0.1) is 6.61 Å². The van der Waals surface area contributed by atoms with Crippen LogP contribution in [0.2, 0.25) is 0 Å². The maximum atomic E-state index is 5.40. The third-order valence-electron chi connectivity index (χ3n) is 2.47. The zero-order valence-electron chi connectivity index (χ0n) is 9.23. The fourth-order valence-electron chi connectivity index (χ4n) is 1.55. The summed E-state index contributed by atoms with van der Waals surface area (Å²) in [6, 6.07) is 0.607. The molecule has 0 radical (unpaired) electrons. The van der Waals surface area contributed by atoms with Gasteiger partial charge in [-0.1, -0.05) is 20.8 Å². The Labute approximate surface area is 82.0 Å². The normalized spacial score (nSPS) is 24.7. The third-order valence-corrected chi connectivity index (χ3v) is 2.47. The lowest BCUT2D eigenvalue weighted by molar-refractivity contribution is 0.0696. The first-order valence-electron chi connectivity index (χ1n) is 5.39. The Hall–Kier alpha value is -0.0800. The van der Waals surface area contributed by atoms with E-state index in [0.717, 1.165) is 19.8 Å². The maximum Gasteiger partial charge on any atom is 0.0619 e. The summed E-state index contributed by atoms with van der Waals surface area (Å²) in [5.74, 6) is 0. The predicted octanol–water partition coefficient (Wildman–Crippen LogP) is 2.19. The molecule has 0 spiro atoms. The Kier molecular flexibility index (Phi) is 4.20. The third kappa shape index (κ3) is 5.27. The van der Waals surface area contributed by atoms with E-state index in [0.29, 0.717) is 11.5 Å². The summed E-state index contributed by atoms with van der Waals surface area (Å²) in [6.07, 6.45) is 3.74. The lowest BCUT2D eigenvalue weighted by Crippen LogP contribution is -2.38. The molecule has 78 valence electrons. The first-order chi connectivity index (χ1) is 6.08. The quantitative estimate of drug-likeness (QED) is 0.727. The molecule has 1 aliphatic heterocycles. The second-order valence-corrected chi connectivity index (χ2v) is 5.18. The zero-order valence-corrected chi connectivity index (χ0v) is 9.23. The van der Waals surface area contributed by atoms with Crippen LogP contribution in [0.3, 0.4) is 0 Å². The topological polar surface area (TPSA) is 21.3 Å².